The number of esters is 1. The van der Waals surface area contributed by atoms with E-state index in [1.54, 1.807) is 24.3 Å². The quantitative estimate of drug-likeness (QED) is 0.453. The molecule has 5 heteroatoms. The summed E-state index contributed by atoms with van der Waals surface area (Å²) in [5, 5.41) is 9.48. The summed E-state index contributed by atoms with van der Waals surface area (Å²) in [6.45, 7) is 11.5. The van der Waals surface area contributed by atoms with E-state index in [9.17, 15) is 9.90 Å². The van der Waals surface area contributed by atoms with Gasteiger partial charge in [0.1, 0.15) is 11.5 Å². The molecule has 0 radical (unpaired) electrons. The maximum Gasteiger partial charge on any atom is 0.347 e. The molecule has 2 rings (SSSR count). The second-order valence-electron chi connectivity index (χ2n) is 8.68. The van der Waals surface area contributed by atoms with Crippen molar-refractivity contribution in [2.24, 2.45) is 0 Å². The first kappa shape index (κ1) is 22.0. The number of rotatable bonds is 9. The van der Waals surface area contributed by atoms with E-state index in [0.717, 1.165) is 11.6 Å². The number of carbonyl (C=O) groups excluding carboxylic acids is 1. The van der Waals surface area contributed by atoms with Gasteiger partial charge in [-0.15, -0.1) is 0 Å². The molecule has 0 aliphatic heterocycles. The topological polar surface area (TPSA) is 55.8 Å². The fourth-order valence-electron chi connectivity index (χ4n) is 2.67. The Morgan fingerprint density at radius 1 is 1.00 bits per heavy atom. The number of hydrogen-bond acceptors (Lipinski definition) is 4. The van der Waals surface area contributed by atoms with Crippen LogP contribution in [0, 0.1) is 0 Å². The number of hydrogen-bond donors (Lipinski definition) is 1. The molecule has 0 bridgehead atoms. The van der Waals surface area contributed by atoms with Crippen molar-refractivity contribution >= 4 is 14.0 Å². The molecule has 0 amide bonds. The Morgan fingerprint density at radius 2 is 1.61 bits per heavy atom. The molecule has 0 spiro atoms. The molecule has 2 aromatic carbocycles. The average Bonchev–Trinajstić information content (AvgIpc) is 2.62. The minimum atomic E-state index is -1.28. The Morgan fingerprint density at radius 3 is 2.14 bits per heavy atom. The summed E-state index contributed by atoms with van der Waals surface area (Å²) in [7, 11) is -1.28. The molecule has 1 N–H and O–H groups in total. The minimum absolute atomic E-state index is 0.197. The number of benzene rings is 2. The molecule has 0 aromatic heterocycles. The summed E-state index contributed by atoms with van der Waals surface area (Å²) in [5.41, 5.74) is 2.13. The van der Waals surface area contributed by atoms with E-state index < -0.39 is 14.2 Å². The highest BCUT2D eigenvalue weighted by Gasteiger charge is 2.24. The van der Waals surface area contributed by atoms with Gasteiger partial charge in [0.05, 0.1) is 6.61 Å². The summed E-state index contributed by atoms with van der Waals surface area (Å²) >= 11 is 0. The van der Waals surface area contributed by atoms with Crippen molar-refractivity contribution < 1.29 is 19.4 Å². The van der Waals surface area contributed by atoms with Crippen LogP contribution in [0.1, 0.15) is 30.9 Å². The van der Waals surface area contributed by atoms with E-state index in [1.165, 1.54) is 5.56 Å². The number of carbonyl (C=O) groups is 1. The monoisotopic (exact) mass is 400 g/mol. The molecule has 4 nitrogen and oxygen atoms in total. The van der Waals surface area contributed by atoms with Gasteiger partial charge in [-0.05, 0) is 47.4 Å². The Hall–Kier alpha value is -2.27. The SMILES string of the molecule is CC(C)c1ccc(OC(Cc2ccc(O)cc2)C(=O)OCC[Si](C)(C)C)cc1. The van der Waals surface area contributed by atoms with Crippen LogP contribution in [0.3, 0.4) is 0 Å². The van der Waals surface area contributed by atoms with Crippen LogP contribution < -0.4 is 4.74 Å². The van der Waals surface area contributed by atoms with Gasteiger partial charge in [0.15, 0.2) is 6.10 Å². The van der Waals surface area contributed by atoms with Crippen LogP contribution in [-0.2, 0) is 16.0 Å². The van der Waals surface area contributed by atoms with E-state index >= 15 is 0 Å². The van der Waals surface area contributed by atoms with Crippen LogP contribution in [0.25, 0.3) is 0 Å². The van der Waals surface area contributed by atoms with E-state index in [0.29, 0.717) is 24.7 Å². The van der Waals surface area contributed by atoms with Gasteiger partial charge >= 0.3 is 5.97 Å². The molecule has 1 unspecified atom stereocenters. The number of aromatic hydroxyl groups is 1. The van der Waals surface area contributed by atoms with Crippen molar-refractivity contribution in [1.82, 2.24) is 0 Å². The highest BCUT2D eigenvalue weighted by atomic mass is 28.3. The van der Waals surface area contributed by atoms with Crippen molar-refractivity contribution in [2.45, 2.75) is 58.0 Å². The first-order chi connectivity index (χ1) is 13.1. The fraction of sp³-hybridized carbons (Fsp3) is 0.435. The van der Waals surface area contributed by atoms with Crippen molar-refractivity contribution in [2.75, 3.05) is 6.61 Å². The zero-order valence-electron chi connectivity index (χ0n) is 17.6. The molecule has 0 aliphatic rings. The molecule has 1 atom stereocenters. The average molecular weight is 401 g/mol. The van der Waals surface area contributed by atoms with E-state index in [2.05, 4.69) is 33.5 Å². The third-order valence-corrected chi connectivity index (χ3v) is 6.25. The van der Waals surface area contributed by atoms with Gasteiger partial charge < -0.3 is 14.6 Å². The lowest BCUT2D eigenvalue weighted by Crippen LogP contribution is -2.33. The number of phenols is 1. The molecule has 152 valence electrons. The molecule has 0 aliphatic carbocycles. The molecule has 0 fully saturated rings. The van der Waals surface area contributed by atoms with Gasteiger partial charge in [-0.25, -0.2) is 4.79 Å². The van der Waals surface area contributed by atoms with Crippen LogP contribution >= 0.6 is 0 Å². The third kappa shape index (κ3) is 7.39. The van der Waals surface area contributed by atoms with Crippen molar-refractivity contribution in [3.8, 4) is 11.5 Å². The molecular weight excluding hydrogens is 368 g/mol. The summed E-state index contributed by atoms with van der Waals surface area (Å²) in [4.78, 5) is 12.7. The molecule has 2 aromatic rings. The maximum absolute atomic E-state index is 12.7. The standard InChI is InChI=1S/C23H32O4Si/c1-17(2)19-8-12-21(13-9-19)27-22(16-18-6-10-20(24)11-7-18)23(25)26-14-15-28(3,4)5/h6-13,17,22,24H,14-16H2,1-5H3. The largest absolute Gasteiger partial charge is 0.508 e. The lowest BCUT2D eigenvalue weighted by atomic mass is 10.0. The zero-order chi connectivity index (χ0) is 20.7. The van der Waals surface area contributed by atoms with Crippen LogP contribution in [0.5, 0.6) is 11.5 Å². The van der Waals surface area contributed by atoms with Gasteiger partial charge in [0.2, 0.25) is 0 Å². The van der Waals surface area contributed by atoms with Gasteiger partial charge in [-0.2, -0.15) is 0 Å². The van der Waals surface area contributed by atoms with Crippen LogP contribution in [0.2, 0.25) is 25.7 Å². The Kier molecular flexibility index (Phi) is 7.69. The maximum atomic E-state index is 12.7. The van der Waals surface area contributed by atoms with Gasteiger partial charge in [-0.1, -0.05) is 57.8 Å². The predicted molar refractivity (Wildman–Crippen MR) is 116 cm³/mol. The summed E-state index contributed by atoms with van der Waals surface area (Å²) < 4.78 is 11.5. The lowest BCUT2D eigenvalue weighted by Gasteiger charge is -2.20. The van der Waals surface area contributed by atoms with Crippen molar-refractivity contribution in [1.29, 1.82) is 0 Å². The van der Waals surface area contributed by atoms with Crippen molar-refractivity contribution in [3.63, 3.8) is 0 Å². The van der Waals surface area contributed by atoms with Gasteiger partial charge in [0, 0.05) is 14.5 Å². The van der Waals surface area contributed by atoms with E-state index in [-0.39, 0.29) is 11.7 Å². The first-order valence-electron chi connectivity index (χ1n) is 9.85. The van der Waals surface area contributed by atoms with Crippen LogP contribution in [0.15, 0.2) is 48.5 Å². The molecule has 0 saturated carbocycles. The number of ether oxygens (including phenoxy) is 2. The normalized spacial score (nSPS) is 12.6. The summed E-state index contributed by atoms with van der Waals surface area (Å²) in [6, 6.07) is 15.6. The zero-order valence-corrected chi connectivity index (χ0v) is 18.6. The lowest BCUT2D eigenvalue weighted by molar-refractivity contribution is -0.151. The fourth-order valence-corrected chi connectivity index (χ4v) is 3.38. The number of phenolic OH excluding ortho intramolecular Hbond substituents is 1. The van der Waals surface area contributed by atoms with E-state index in [1.807, 2.05) is 24.3 Å². The Balaban J connectivity index is 2.10. The van der Waals surface area contributed by atoms with Crippen LogP contribution in [-0.4, -0.2) is 31.9 Å². The summed E-state index contributed by atoms with van der Waals surface area (Å²) in [5.74, 6) is 0.936. The van der Waals surface area contributed by atoms with Gasteiger partial charge in [-0.3, -0.25) is 0 Å². The summed E-state index contributed by atoms with van der Waals surface area (Å²) in [6.07, 6.45) is -0.339. The highest BCUT2D eigenvalue weighted by molar-refractivity contribution is 6.76. The predicted octanol–water partition coefficient (Wildman–Crippen LogP) is 5.39. The van der Waals surface area contributed by atoms with E-state index in [4.69, 9.17) is 9.47 Å². The Bertz CT molecular complexity index is 746. The van der Waals surface area contributed by atoms with Gasteiger partial charge in [0.25, 0.3) is 0 Å². The molecule has 0 heterocycles. The second-order valence-corrected chi connectivity index (χ2v) is 14.3. The smallest absolute Gasteiger partial charge is 0.347 e. The van der Waals surface area contributed by atoms with Crippen molar-refractivity contribution in [3.05, 3.63) is 59.7 Å². The second kappa shape index (κ2) is 9.78. The first-order valence-corrected chi connectivity index (χ1v) is 13.6. The molecule has 0 saturated heterocycles. The third-order valence-electron chi connectivity index (χ3n) is 4.54. The van der Waals surface area contributed by atoms with Crippen LogP contribution in [0.4, 0.5) is 0 Å². The highest BCUT2D eigenvalue weighted by Crippen LogP contribution is 2.21. The molecular formula is C23H32O4Si. The Labute approximate surface area is 169 Å². The minimum Gasteiger partial charge on any atom is -0.508 e. The molecule has 28 heavy (non-hydrogen) atoms.